The number of hydrogen-bond donors (Lipinski definition) is 1. The molecule has 0 radical (unpaired) electrons. The van der Waals surface area contributed by atoms with Gasteiger partial charge in [0.05, 0.1) is 19.3 Å². The highest BCUT2D eigenvalue weighted by atomic mass is 28.4. The minimum Gasteiger partial charge on any atom is -0.444 e. The van der Waals surface area contributed by atoms with Crippen molar-refractivity contribution in [1.82, 2.24) is 5.32 Å². The summed E-state index contributed by atoms with van der Waals surface area (Å²) in [5.74, 6) is 1.54. The molecule has 5 atom stereocenters. The Kier molecular flexibility index (Phi) is 8.57. The van der Waals surface area contributed by atoms with E-state index in [0.29, 0.717) is 24.4 Å². The molecule has 0 saturated heterocycles. The van der Waals surface area contributed by atoms with Gasteiger partial charge in [-0.3, -0.25) is 0 Å². The van der Waals surface area contributed by atoms with Crippen LogP contribution < -0.4 is 5.32 Å². The summed E-state index contributed by atoms with van der Waals surface area (Å²) in [6.45, 7) is 18.7. The van der Waals surface area contributed by atoms with Crippen molar-refractivity contribution >= 4 is 14.4 Å². The maximum absolute atomic E-state index is 12.3. The molecule has 192 valence electrons. The van der Waals surface area contributed by atoms with E-state index in [-0.39, 0.29) is 23.3 Å². The van der Waals surface area contributed by atoms with Gasteiger partial charge in [-0.15, -0.1) is 0 Å². The Bertz CT molecular complexity index is 799. The van der Waals surface area contributed by atoms with Crippen molar-refractivity contribution in [3.05, 3.63) is 35.9 Å². The number of carbonyl (C=O) groups is 1. The number of hydrogen-bond acceptors (Lipinski definition) is 4. The summed E-state index contributed by atoms with van der Waals surface area (Å²) in [5.41, 5.74) is 0.738. The van der Waals surface area contributed by atoms with Gasteiger partial charge in [-0.05, 0) is 82.0 Å². The van der Waals surface area contributed by atoms with E-state index in [2.05, 4.69) is 63.4 Å². The van der Waals surface area contributed by atoms with Crippen LogP contribution in [0.5, 0.6) is 0 Å². The fourth-order valence-corrected chi connectivity index (χ4v) is 6.67. The zero-order chi connectivity index (χ0) is 25.1. The third-order valence-corrected chi connectivity index (χ3v) is 12.5. The number of nitrogens with one attached hydrogen (secondary N) is 1. The molecule has 2 fully saturated rings. The average molecular weight is 490 g/mol. The number of carbonyl (C=O) groups excluding carboxylic acids is 1. The van der Waals surface area contributed by atoms with Crippen LogP contribution in [0.4, 0.5) is 4.79 Å². The summed E-state index contributed by atoms with van der Waals surface area (Å²) in [6, 6.07) is 10.6. The molecule has 6 heteroatoms. The molecule has 1 unspecified atom stereocenters. The summed E-state index contributed by atoms with van der Waals surface area (Å²) in [5, 5.41) is 3.31. The second-order valence-corrected chi connectivity index (χ2v) is 17.7. The zero-order valence-corrected chi connectivity index (χ0v) is 23.6. The summed E-state index contributed by atoms with van der Waals surface area (Å²) in [7, 11) is -1.89. The first kappa shape index (κ1) is 27.2. The predicted molar refractivity (Wildman–Crippen MR) is 140 cm³/mol. The van der Waals surface area contributed by atoms with Crippen LogP contribution in [0.25, 0.3) is 0 Å². The van der Waals surface area contributed by atoms with Crippen LogP contribution in [0.1, 0.15) is 72.8 Å². The minimum atomic E-state index is -1.89. The molecule has 5 nitrogen and oxygen atoms in total. The van der Waals surface area contributed by atoms with E-state index in [1.54, 1.807) is 0 Å². The molecule has 1 aromatic rings. The Morgan fingerprint density at radius 2 is 1.71 bits per heavy atom. The molecule has 0 bridgehead atoms. The zero-order valence-electron chi connectivity index (χ0n) is 22.6. The third-order valence-electron chi connectivity index (χ3n) is 8.00. The van der Waals surface area contributed by atoms with E-state index in [9.17, 15) is 4.79 Å². The van der Waals surface area contributed by atoms with Gasteiger partial charge in [0.25, 0.3) is 0 Å². The van der Waals surface area contributed by atoms with Crippen molar-refractivity contribution in [1.29, 1.82) is 0 Å². The molecule has 0 heterocycles. The normalized spacial score (nSPS) is 27.8. The van der Waals surface area contributed by atoms with E-state index in [1.807, 2.05) is 26.8 Å². The van der Waals surface area contributed by atoms with Crippen LogP contribution in [-0.4, -0.2) is 38.8 Å². The summed E-state index contributed by atoms with van der Waals surface area (Å²) in [4.78, 5) is 12.3. The van der Waals surface area contributed by atoms with Gasteiger partial charge in [-0.2, -0.15) is 0 Å². The molecule has 0 spiro atoms. The lowest BCUT2D eigenvalue weighted by atomic mass is 9.76. The fourth-order valence-electron chi connectivity index (χ4n) is 5.29. The minimum absolute atomic E-state index is 0.175. The van der Waals surface area contributed by atoms with E-state index >= 15 is 0 Å². The SMILES string of the molecule is CC(C)(C)OC(=O)NC1CC[C@@H]2[C@@H](C1)C[C@H](O[Si](C)(C)C(C)(C)C)[C@H]2COCc1ccccc1. The number of fused-ring (bicyclic) bond motifs is 1. The van der Waals surface area contributed by atoms with Crippen LogP contribution in [0, 0.1) is 17.8 Å². The molecule has 2 aliphatic rings. The monoisotopic (exact) mass is 489 g/mol. The topological polar surface area (TPSA) is 56.8 Å². The van der Waals surface area contributed by atoms with E-state index in [1.165, 1.54) is 5.56 Å². The molecular formula is C28H47NO4Si. The van der Waals surface area contributed by atoms with Gasteiger partial charge < -0.3 is 19.2 Å². The lowest BCUT2D eigenvalue weighted by Gasteiger charge is -2.40. The Labute approximate surface area is 208 Å². The highest BCUT2D eigenvalue weighted by Crippen LogP contribution is 2.50. The van der Waals surface area contributed by atoms with Crippen molar-refractivity contribution in [2.75, 3.05) is 6.61 Å². The molecule has 2 saturated carbocycles. The predicted octanol–water partition coefficient (Wildman–Crippen LogP) is 6.92. The van der Waals surface area contributed by atoms with E-state index < -0.39 is 13.9 Å². The van der Waals surface area contributed by atoms with E-state index in [0.717, 1.165) is 32.3 Å². The molecule has 3 rings (SSSR count). The number of alkyl carbamates (subject to hydrolysis) is 1. The van der Waals surface area contributed by atoms with Gasteiger partial charge in [0, 0.05) is 12.0 Å². The highest BCUT2D eigenvalue weighted by molar-refractivity contribution is 6.74. The molecule has 1 amide bonds. The smallest absolute Gasteiger partial charge is 0.407 e. The second-order valence-electron chi connectivity index (χ2n) is 12.9. The highest BCUT2D eigenvalue weighted by Gasteiger charge is 2.50. The number of rotatable bonds is 7. The Hall–Kier alpha value is -1.37. The lowest BCUT2D eigenvalue weighted by Crippen LogP contribution is -2.46. The lowest BCUT2D eigenvalue weighted by molar-refractivity contribution is 0.0184. The van der Waals surface area contributed by atoms with Crippen LogP contribution in [0.2, 0.25) is 18.1 Å². The Morgan fingerprint density at radius 3 is 2.32 bits per heavy atom. The molecule has 0 aromatic heterocycles. The van der Waals surface area contributed by atoms with Gasteiger partial charge >= 0.3 is 6.09 Å². The third kappa shape index (κ3) is 7.31. The summed E-state index contributed by atoms with van der Waals surface area (Å²) < 4.78 is 18.8. The molecule has 1 aromatic carbocycles. The van der Waals surface area contributed by atoms with Crippen molar-refractivity contribution < 1.29 is 18.7 Å². The van der Waals surface area contributed by atoms with Crippen LogP contribution >= 0.6 is 0 Å². The van der Waals surface area contributed by atoms with Crippen molar-refractivity contribution in [2.45, 2.75) is 110 Å². The Morgan fingerprint density at radius 1 is 1.03 bits per heavy atom. The maximum Gasteiger partial charge on any atom is 0.407 e. The largest absolute Gasteiger partial charge is 0.444 e. The quantitative estimate of drug-likeness (QED) is 0.422. The van der Waals surface area contributed by atoms with Crippen LogP contribution in [-0.2, 0) is 20.5 Å². The van der Waals surface area contributed by atoms with Crippen LogP contribution in [0.3, 0.4) is 0 Å². The first-order valence-corrected chi connectivity index (χ1v) is 15.9. The summed E-state index contributed by atoms with van der Waals surface area (Å²) >= 11 is 0. The van der Waals surface area contributed by atoms with Crippen molar-refractivity contribution in [3.63, 3.8) is 0 Å². The second kappa shape index (κ2) is 10.7. The van der Waals surface area contributed by atoms with Gasteiger partial charge in [0.15, 0.2) is 8.32 Å². The van der Waals surface area contributed by atoms with Gasteiger partial charge in [0.1, 0.15) is 5.60 Å². The molecular weight excluding hydrogens is 442 g/mol. The van der Waals surface area contributed by atoms with Gasteiger partial charge in [0.2, 0.25) is 0 Å². The van der Waals surface area contributed by atoms with Crippen molar-refractivity contribution in [3.8, 4) is 0 Å². The van der Waals surface area contributed by atoms with Crippen LogP contribution in [0.15, 0.2) is 30.3 Å². The first-order chi connectivity index (χ1) is 15.7. The number of amides is 1. The first-order valence-electron chi connectivity index (χ1n) is 13.0. The molecule has 34 heavy (non-hydrogen) atoms. The van der Waals surface area contributed by atoms with Gasteiger partial charge in [-0.25, -0.2) is 4.79 Å². The standard InChI is InChI=1S/C28H47NO4Si/c1-27(2,3)32-26(30)29-22-14-15-23-21(16-22)17-25(33-34(7,8)28(4,5)6)24(23)19-31-18-20-12-10-9-11-13-20/h9-13,21-25H,14-19H2,1-8H3,(H,29,30)/t21-,22?,23+,24-,25-/m0/s1. The fraction of sp³-hybridized carbons (Fsp3) is 0.750. The van der Waals surface area contributed by atoms with Crippen molar-refractivity contribution in [2.24, 2.45) is 17.8 Å². The van der Waals surface area contributed by atoms with E-state index in [4.69, 9.17) is 13.9 Å². The average Bonchev–Trinajstić information content (AvgIpc) is 3.02. The number of ether oxygens (including phenoxy) is 2. The Balaban J connectivity index is 1.66. The molecule has 1 N–H and O–H groups in total. The molecule has 2 aliphatic carbocycles. The van der Waals surface area contributed by atoms with Gasteiger partial charge in [-0.1, -0.05) is 51.1 Å². The molecule has 0 aliphatic heterocycles. The number of benzene rings is 1. The maximum atomic E-state index is 12.3. The summed E-state index contributed by atoms with van der Waals surface area (Å²) in [6.07, 6.45) is 4.07.